The molecule has 0 unspecified atom stereocenters. The SMILES string of the molecule is CC(C)(C)c1cc2c(cn1)CCC2.CC(C)(C)c1ccc2c(c1)CCC2.CC(C)(C)c1ccc2c(c1)CCO2.CC(C)(C)c1ccc2c(n1)CCO2.CC(C)(C)c1cn2c(n1)COCC2.CC(C)(C)c1cnc2c(c1)CCO2.CC(C)c1ccc2c(c1)CCCC2.CC(C)c1ccc2c(n1)CCC2.CC(C)c1ccc2c(n1)CCCC2.CC(C)c1cn2c(n1)CCC2. The Morgan fingerprint density at radius 3 is 1.37 bits per heavy atom. The highest BCUT2D eigenvalue weighted by Gasteiger charge is 2.27. The first-order chi connectivity index (χ1) is 60.0. The van der Waals surface area contributed by atoms with Crippen molar-refractivity contribution in [1.29, 1.82) is 0 Å². The first-order valence-corrected chi connectivity index (χ1v) is 48.9. The molecule has 0 fully saturated rings. The van der Waals surface area contributed by atoms with Gasteiger partial charge in [-0.2, -0.15) is 0 Å². The molecule has 686 valence electrons. The van der Waals surface area contributed by atoms with Crippen LogP contribution in [-0.4, -0.2) is 70.4 Å². The van der Waals surface area contributed by atoms with Gasteiger partial charge >= 0.3 is 0 Å². The van der Waals surface area contributed by atoms with Crippen LogP contribution in [0.4, 0.5) is 0 Å². The second-order valence-corrected chi connectivity index (χ2v) is 44.2. The van der Waals surface area contributed by atoms with Gasteiger partial charge in [0.25, 0.3) is 0 Å². The lowest BCUT2D eigenvalue weighted by molar-refractivity contribution is 0.0816. The summed E-state index contributed by atoms with van der Waals surface area (Å²) < 4.78 is 26.0. The molecule has 0 amide bonds. The average Bonchev–Trinajstić information content (AvgIpc) is 1.65. The monoisotopic (exact) mass is 1720 g/mol. The molecular formula is C114H161N9O4. The second-order valence-electron chi connectivity index (χ2n) is 44.2. The van der Waals surface area contributed by atoms with Gasteiger partial charge in [-0.1, -0.05) is 241 Å². The number of nitrogens with zero attached hydrogens (tertiary/aromatic N) is 9. The van der Waals surface area contributed by atoms with E-state index in [1.807, 2.05) is 12.3 Å². The third-order valence-corrected chi connectivity index (χ3v) is 25.9. The number of aromatic nitrogens is 9. The predicted molar refractivity (Wildman–Crippen MR) is 528 cm³/mol. The first kappa shape index (κ1) is 98.8. The molecule has 10 aliphatic rings. The van der Waals surface area contributed by atoms with Crippen LogP contribution < -0.4 is 14.2 Å². The smallest absolute Gasteiger partial charge is 0.216 e. The van der Waals surface area contributed by atoms with Gasteiger partial charge in [-0.05, 0) is 270 Å². The van der Waals surface area contributed by atoms with E-state index in [2.05, 4.69) is 335 Å². The van der Waals surface area contributed by atoms with Gasteiger partial charge < -0.3 is 28.1 Å². The Kier molecular flexibility index (Phi) is 34.0. The summed E-state index contributed by atoms with van der Waals surface area (Å²) in [5.74, 6) is 7.60. The molecule has 5 aliphatic carbocycles. The number of ether oxygens (including phenoxy) is 4. The van der Waals surface area contributed by atoms with Crippen molar-refractivity contribution in [2.45, 2.75) is 397 Å². The van der Waals surface area contributed by atoms with Crippen LogP contribution in [0.3, 0.4) is 0 Å². The maximum atomic E-state index is 5.47. The quantitative estimate of drug-likeness (QED) is 0.166. The molecule has 20 rings (SSSR count). The summed E-state index contributed by atoms with van der Waals surface area (Å²) in [5.41, 5.74) is 32.9. The molecule has 3 aromatic carbocycles. The van der Waals surface area contributed by atoms with Crippen LogP contribution in [0.5, 0.6) is 17.4 Å². The van der Waals surface area contributed by atoms with E-state index >= 15 is 0 Å². The minimum Gasteiger partial charge on any atom is -0.493 e. The van der Waals surface area contributed by atoms with Crippen LogP contribution in [0, 0.1) is 0 Å². The number of fused-ring (bicyclic) bond motifs is 10. The summed E-state index contributed by atoms with van der Waals surface area (Å²) in [6.45, 7) is 63.7. The van der Waals surface area contributed by atoms with Gasteiger partial charge in [0.2, 0.25) is 5.88 Å². The standard InChI is InChI=1S/2C13H18.2C12H17N.C12H16O.2C11H15NO.C11H15N.C10H16N2O.C9H14N2/c1-13(2,3)12-8-7-10-5-4-6-11(10)9-12;1-10(2)12-8-7-11-5-3-4-6-13(11)9-12;1-12(2,3)11-7-9-5-4-6-10(9)8-13-11;1-9(2)11-8-7-10-5-3-4-6-12(10)13-11;1-12(2,3)10-4-5-11-9(8-10)6-7-13-11;1-11(2,3)9-6-8-4-5-13-10(8)12-7-9;1-11(2,3)10-5-4-9-8(12-10)6-7-13-9;1-8(2)10-7-6-9-4-3-5-11(9)12-10;1-10(2,3)8-6-12-4-5-13-7-9(12)11-8;1-7(2)8-6-11-5-3-4-9(11)10-8/h7-9H,4-6H2,1-3H3;7-10H,3-6H2,1-2H3;7-8H,4-6H2,1-3H3;7-9H,3-6H2,1-2H3;4-5,8H,6-7H2,1-3H3;6-7H,4-5H2,1-3H3;4-5H,6-7H2,1-3H3;6-8H,3-5H2,1-2H3;6H,4-5,7H2,1-3H3;6-7H,3-5H2,1-2H3. The zero-order chi connectivity index (χ0) is 91.8. The van der Waals surface area contributed by atoms with E-state index in [-0.39, 0.29) is 27.1 Å². The molecule has 13 nitrogen and oxygen atoms in total. The first-order valence-electron chi connectivity index (χ1n) is 48.9. The van der Waals surface area contributed by atoms with Crippen LogP contribution in [0.2, 0.25) is 0 Å². The van der Waals surface area contributed by atoms with Crippen molar-refractivity contribution in [3.05, 3.63) is 269 Å². The molecule has 13 heteroatoms. The van der Waals surface area contributed by atoms with Gasteiger partial charge in [0.15, 0.2) is 0 Å². The molecule has 12 heterocycles. The van der Waals surface area contributed by atoms with Gasteiger partial charge in [-0.3, -0.25) is 19.9 Å². The lowest BCUT2D eigenvalue weighted by Gasteiger charge is -2.19. The van der Waals surface area contributed by atoms with Crippen molar-refractivity contribution < 1.29 is 18.9 Å². The van der Waals surface area contributed by atoms with Crippen LogP contribution in [0.25, 0.3) is 0 Å². The lowest BCUT2D eigenvalue weighted by atomic mass is 9.85. The number of benzene rings is 3. The van der Waals surface area contributed by atoms with E-state index in [0.29, 0.717) is 35.7 Å². The van der Waals surface area contributed by atoms with Crippen LogP contribution in [0.1, 0.15) is 396 Å². The number of hydrogen-bond acceptors (Lipinski definition) is 11. The van der Waals surface area contributed by atoms with Gasteiger partial charge in [0.05, 0.1) is 43.5 Å². The fourth-order valence-corrected chi connectivity index (χ4v) is 17.3. The zero-order valence-electron chi connectivity index (χ0n) is 83.6. The average molecular weight is 1720 g/mol. The fraction of sp³-hybridized carbons (Fsp3) is 0.570. The third kappa shape index (κ3) is 28.4. The van der Waals surface area contributed by atoms with Crippen molar-refractivity contribution >= 4 is 0 Å². The van der Waals surface area contributed by atoms with E-state index in [9.17, 15) is 0 Å². The number of aryl methyl sites for hydroxylation is 12. The number of hydrogen-bond donors (Lipinski definition) is 0. The zero-order valence-corrected chi connectivity index (χ0v) is 83.6. The highest BCUT2D eigenvalue weighted by molar-refractivity contribution is 5.43. The van der Waals surface area contributed by atoms with Gasteiger partial charge in [-0.15, -0.1) is 0 Å². The van der Waals surface area contributed by atoms with E-state index < -0.39 is 0 Å². The predicted octanol–water partition coefficient (Wildman–Crippen LogP) is 27.0. The summed E-state index contributed by atoms with van der Waals surface area (Å²) in [4.78, 5) is 31.9. The highest BCUT2D eigenvalue weighted by Crippen LogP contribution is 2.36. The lowest BCUT2D eigenvalue weighted by Crippen LogP contribution is -2.15. The molecule has 127 heavy (non-hydrogen) atoms. The van der Waals surface area contributed by atoms with E-state index in [1.165, 1.54) is 224 Å². The molecule has 0 bridgehead atoms. The minimum atomic E-state index is 0.137. The molecule has 10 aromatic rings. The maximum Gasteiger partial charge on any atom is 0.216 e. The molecule has 0 atom stereocenters. The van der Waals surface area contributed by atoms with Crippen molar-refractivity contribution in [3.63, 3.8) is 0 Å². The van der Waals surface area contributed by atoms with E-state index in [4.69, 9.17) is 23.9 Å². The molecule has 0 saturated carbocycles. The molecule has 0 spiro atoms. The van der Waals surface area contributed by atoms with E-state index in [0.717, 1.165) is 92.5 Å². The van der Waals surface area contributed by atoms with Gasteiger partial charge in [0, 0.05) is 120 Å². The van der Waals surface area contributed by atoms with Crippen LogP contribution >= 0.6 is 0 Å². The molecule has 0 saturated heterocycles. The normalized spacial score (nSPS) is 15.8. The van der Waals surface area contributed by atoms with Crippen LogP contribution in [-0.2, 0) is 147 Å². The summed E-state index contributed by atoms with van der Waals surface area (Å²) in [6, 6.07) is 38.1. The number of imidazole rings is 2. The van der Waals surface area contributed by atoms with Crippen molar-refractivity contribution in [3.8, 4) is 17.4 Å². The van der Waals surface area contributed by atoms with Gasteiger partial charge in [-0.25, -0.2) is 15.0 Å². The second kappa shape index (κ2) is 43.7. The topological polar surface area (TPSA) is 137 Å². The van der Waals surface area contributed by atoms with Crippen molar-refractivity contribution in [2.75, 3.05) is 26.4 Å². The third-order valence-electron chi connectivity index (χ3n) is 25.9. The Hall–Kier alpha value is -8.81. The Balaban J connectivity index is 0.000000137. The van der Waals surface area contributed by atoms with Crippen molar-refractivity contribution in [1.82, 2.24) is 44.0 Å². The Morgan fingerprint density at radius 1 is 0.283 bits per heavy atom. The molecule has 5 aliphatic heterocycles. The van der Waals surface area contributed by atoms with E-state index in [1.54, 1.807) is 22.3 Å². The fourth-order valence-electron chi connectivity index (χ4n) is 17.3. The van der Waals surface area contributed by atoms with Crippen LogP contribution in [0.15, 0.2) is 128 Å². The Bertz CT molecular complexity index is 4720. The largest absolute Gasteiger partial charge is 0.493 e. The molecule has 0 radical (unpaired) electrons. The number of pyridine rings is 5. The van der Waals surface area contributed by atoms with Crippen molar-refractivity contribution in [2.24, 2.45) is 0 Å². The Morgan fingerprint density at radius 2 is 0.764 bits per heavy atom. The molecular weight excluding hydrogens is 1560 g/mol. The summed E-state index contributed by atoms with van der Waals surface area (Å²) in [7, 11) is 0. The van der Waals surface area contributed by atoms with Gasteiger partial charge in [0.1, 0.15) is 29.8 Å². The minimum absolute atomic E-state index is 0.137. The number of rotatable bonds is 4. The summed E-state index contributed by atoms with van der Waals surface area (Å²) >= 11 is 0. The maximum absolute atomic E-state index is 5.47. The molecule has 0 N–H and O–H groups in total. The summed E-state index contributed by atoms with van der Waals surface area (Å²) in [5, 5.41) is 0. The summed E-state index contributed by atoms with van der Waals surface area (Å²) in [6.07, 6.45) is 35.7. The Labute approximate surface area is 767 Å². The molecule has 7 aromatic heterocycles. The highest BCUT2D eigenvalue weighted by atomic mass is 16.5.